The molecule has 0 spiro atoms. The normalized spacial score (nSPS) is 9.00. The van der Waals surface area contributed by atoms with E-state index in [1.54, 1.807) is 6.34 Å². The molecule has 1 rings (SSSR count). The Morgan fingerprint density at radius 1 is 1.46 bits per heavy atom. The highest BCUT2D eigenvalue weighted by molar-refractivity contribution is 5.82. The van der Waals surface area contributed by atoms with Crippen LogP contribution in [-0.2, 0) is 0 Å². The quantitative estimate of drug-likeness (QED) is 0.411. The van der Waals surface area contributed by atoms with Gasteiger partial charge in [0, 0.05) is 0 Å². The molecule has 1 radical (unpaired) electrons. The number of carbonyl (C=O) groups excluding carboxylic acids is 1. The average molecular weight is 181 g/mol. The molecule has 13 heavy (non-hydrogen) atoms. The predicted octanol–water partition coefficient (Wildman–Crippen LogP) is 1.40. The standard InChI is InChI=1S/C8H6FN2O2/c9-6-1-3-7(4-2-6)13-8(12)11-5-10/h1-4H,(H2,10,11,12). The first kappa shape index (κ1) is 9.18. The van der Waals surface area contributed by atoms with Crippen LogP contribution in [0.15, 0.2) is 24.3 Å². The third-order valence-electron chi connectivity index (χ3n) is 1.19. The lowest BCUT2D eigenvalue weighted by Crippen LogP contribution is -2.24. The van der Waals surface area contributed by atoms with E-state index in [0.29, 0.717) is 0 Å². The van der Waals surface area contributed by atoms with Gasteiger partial charge in [0.05, 0.1) is 0 Å². The van der Waals surface area contributed by atoms with Crippen LogP contribution in [0.5, 0.6) is 5.75 Å². The molecule has 0 heterocycles. The number of amides is 1. The Balaban J connectivity index is 2.59. The van der Waals surface area contributed by atoms with Gasteiger partial charge in [-0.05, 0) is 24.3 Å². The van der Waals surface area contributed by atoms with E-state index in [4.69, 9.17) is 5.41 Å². The topological polar surface area (TPSA) is 62.2 Å². The monoisotopic (exact) mass is 181 g/mol. The molecule has 0 aliphatic carbocycles. The zero-order valence-electron chi connectivity index (χ0n) is 6.50. The molecule has 4 nitrogen and oxygen atoms in total. The van der Waals surface area contributed by atoms with Gasteiger partial charge in [-0.2, -0.15) is 0 Å². The molecule has 0 aromatic heterocycles. The van der Waals surface area contributed by atoms with E-state index in [9.17, 15) is 9.18 Å². The van der Waals surface area contributed by atoms with E-state index < -0.39 is 11.9 Å². The molecule has 67 valence electrons. The van der Waals surface area contributed by atoms with E-state index >= 15 is 0 Å². The fourth-order valence-electron chi connectivity index (χ4n) is 0.686. The number of carbonyl (C=O) groups is 1. The van der Waals surface area contributed by atoms with Gasteiger partial charge < -0.3 is 4.74 Å². The van der Waals surface area contributed by atoms with Crippen molar-refractivity contribution in [2.75, 3.05) is 0 Å². The predicted molar refractivity (Wildman–Crippen MR) is 43.3 cm³/mol. The maximum atomic E-state index is 12.4. The van der Waals surface area contributed by atoms with E-state index in [1.165, 1.54) is 12.1 Å². The van der Waals surface area contributed by atoms with Gasteiger partial charge >= 0.3 is 6.09 Å². The van der Waals surface area contributed by atoms with Crippen LogP contribution >= 0.6 is 0 Å². The molecular formula is C8H6FN2O2. The van der Waals surface area contributed by atoms with Crippen LogP contribution in [0.4, 0.5) is 9.18 Å². The van der Waals surface area contributed by atoms with Gasteiger partial charge in [-0.25, -0.2) is 9.18 Å². The lowest BCUT2D eigenvalue weighted by molar-refractivity contribution is 0.206. The minimum absolute atomic E-state index is 0.203. The summed E-state index contributed by atoms with van der Waals surface area (Å²) in [5.74, 6) is -0.208. The smallest absolute Gasteiger partial charge is 0.410 e. The van der Waals surface area contributed by atoms with Gasteiger partial charge in [-0.1, -0.05) is 0 Å². The second-order valence-corrected chi connectivity index (χ2v) is 2.09. The third-order valence-corrected chi connectivity index (χ3v) is 1.19. The van der Waals surface area contributed by atoms with Crippen LogP contribution in [0.25, 0.3) is 0 Å². The lowest BCUT2D eigenvalue weighted by Gasteiger charge is -2.01. The molecule has 0 unspecified atom stereocenters. The SMILES string of the molecule is N=[C]NC(=O)Oc1ccc(F)cc1. The van der Waals surface area contributed by atoms with Crippen LogP contribution in [0.3, 0.4) is 0 Å². The van der Waals surface area contributed by atoms with Crippen molar-refractivity contribution in [2.45, 2.75) is 0 Å². The summed E-state index contributed by atoms with van der Waals surface area (Å²) in [6.45, 7) is 0. The molecule has 1 aromatic rings. The summed E-state index contributed by atoms with van der Waals surface area (Å²) >= 11 is 0. The van der Waals surface area contributed by atoms with Crippen molar-refractivity contribution in [1.29, 1.82) is 5.41 Å². The highest BCUT2D eigenvalue weighted by Crippen LogP contribution is 2.10. The molecule has 0 fully saturated rings. The van der Waals surface area contributed by atoms with Crippen molar-refractivity contribution in [1.82, 2.24) is 5.32 Å². The van der Waals surface area contributed by atoms with Gasteiger partial charge in [0.1, 0.15) is 11.6 Å². The van der Waals surface area contributed by atoms with Crippen LogP contribution in [0.1, 0.15) is 0 Å². The summed E-state index contributed by atoms with van der Waals surface area (Å²) in [5, 5.41) is 8.28. The molecule has 0 aliphatic heterocycles. The van der Waals surface area contributed by atoms with E-state index in [-0.39, 0.29) is 5.75 Å². The summed E-state index contributed by atoms with van der Waals surface area (Å²) < 4.78 is 17.0. The van der Waals surface area contributed by atoms with Crippen molar-refractivity contribution in [3.63, 3.8) is 0 Å². The van der Waals surface area contributed by atoms with Gasteiger partial charge in [0.25, 0.3) is 0 Å². The number of ether oxygens (including phenoxy) is 1. The number of hydrogen-bond donors (Lipinski definition) is 2. The average Bonchev–Trinajstić information content (AvgIpc) is 2.09. The van der Waals surface area contributed by atoms with Crippen molar-refractivity contribution < 1.29 is 13.9 Å². The van der Waals surface area contributed by atoms with Crippen LogP contribution < -0.4 is 10.1 Å². The Hall–Kier alpha value is -1.91. The highest BCUT2D eigenvalue weighted by atomic mass is 19.1. The maximum Gasteiger partial charge on any atom is 0.418 e. The molecule has 0 aliphatic rings. The Bertz CT molecular complexity index is 310. The second kappa shape index (κ2) is 4.20. The van der Waals surface area contributed by atoms with Gasteiger partial charge in [-0.15, -0.1) is 0 Å². The number of halogens is 1. The third kappa shape index (κ3) is 2.90. The number of benzene rings is 1. The van der Waals surface area contributed by atoms with Crippen LogP contribution in [-0.4, -0.2) is 12.4 Å². The largest absolute Gasteiger partial charge is 0.418 e. The number of nitrogens with one attached hydrogen (secondary N) is 2. The Labute approximate surface area is 73.8 Å². The lowest BCUT2D eigenvalue weighted by atomic mass is 10.3. The Morgan fingerprint density at radius 2 is 2.08 bits per heavy atom. The first-order chi connectivity index (χ1) is 6.22. The molecule has 1 amide bonds. The van der Waals surface area contributed by atoms with Crippen molar-refractivity contribution >= 4 is 12.4 Å². The molecule has 2 N–H and O–H groups in total. The van der Waals surface area contributed by atoms with Gasteiger partial charge in [-0.3, -0.25) is 10.7 Å². The molecule has 0 saturated heterocycles. The second-order valence-electron chi connectivity index (χ2n) is 2.09. The molecular weight excluding hydrogens is 175 g/mol. The fraction of sp³-hybridized carbons (Fsp3) is 0. The van der Waals surface area contributed by atoms with E-state index in [0.717, 1.165) is 12.1 Å². The molecule has 1 aromatic carbocycles. The zero-order chi connectivity index (χ0) is 9.68. The first-order valence-corrected chi connectivity index (χ1v) is 3.37. The fourth-order valence-corrected chi connectivity index (χ4v) is 0.686. The Morgan fingerprint density at radius 3 is 2.62 bits per heavy atom. The molecule has 0 atom stereocenters. The van der Waals surface area contributed by atoms with E-state index in [1.807, 2.05) is 5.32 Å². The van der Waals surface area contributed by atoms with Gasteiger partial charge in [0.15, 0.2) is 6.34 Å². The zero-order valence-corrected chi connectivity index (χ0v) is 6.50. The molecule has 0 saturated carbocycles. The van der Waals surface area contributed by atoms with Crippen molar-refractivity contribution in [3.8, 4) is 5.75 Å². The van der Waals surface area contributed by atoms with Crippen LogP contribution in [0.2, 0.25) is 0 Å². The summed E-state index contributed by atoms with van der Waals surface area (Å²) in [5.41, 5.74) is 0. The Kier molecular flexibility index (Phi) is 2.97. The van der Waals surface area contributed by atoms with Crippen molar-refractivity contribution in [2.24, 2.45) is 0 Å². The minimum atomic E-state index is -0.832. The number of hydrogen-bond acceptors (Lipinski definition) is 3. The first-order valence-electron chi connectivity index (χ1n) is 3.37. The highest BCUT2D eigenvalue weighted by Gasteiger charge is 2.01. The maximum absolute atomic E-state index is 12.4. The molecule has 5 heteroatoms. The van der Waals surface area contributed by atoms with E-state index in [2.05, 4.69) is 4.74 Å². The summed E-state index contributed by atoms with van der Waals surface area (Å²) in [6, 6.07) is 4.94. The van der Waals surface area contributed by atoms with Crippen molar-refractivity contribution in [3.05, 3.63) is 30.1 Å². The molecule has 0 bridgehead atoms. The van der Waals surface area contributed by atoms with Gasteiger partial charge in [0.2, 0.25) is 0 Å². The summed E-state index contributed by atoms with van der Waals surface area (Å²) in [4.78, 5) is 10.7. The summed E-state index contributed by atoms with van der Waals surface area (Å²) in [7, 11) is 0. The number of rotatable bonds is 2. The minimum Gasteiger partial charge on any atom is -0.410 e. The van der Waals surface area contributed by atoms with Crippen LogP contribution in [0, 0.1) is 11.2 Å². The summed E-state index contributed by atoms with van der Waals surface area (Å²) in [6.07, 6.45) is 0.819.